The zero-order valence-corrected chi connectivity index (χ0v) is 17.8. The number of benzene rings is 1. The number of aryl methyl sites for hydroxylation is 1. The molecule has 1 aromatic carbocycles. The zero-order valence-electron chi connectivity index (χ0n) is 14.7. The third-order valence-electron chi connectivity index (χ3n) is 3.34. The molecular weight excluding hydrogens is 447 g/mol. The highest BCUT2D eigenvalue weighted by Crippen LogP contribution is 2.22. The summed E-state index contributed by atoms with van der Waals surface area (Å²) >= 11 is 1.76. The molecule has 2 N–H and O–H groups in total. The molecule has 4 nitrogen and oxygen atoms in total. The molecule has 0 aromatic heterocycles. The van der Waals surface area contributed by atoms with Gasteiger partial charge >= 0.3 is 6.61 Å². The highest BCUT2D eigenvalue weighted by Gasteiger charge is 2.16. The number of aliphatic imine (C=N–C) groups is 1. The third kappa shape index (κ3) is 8.36. The molecule has 138 valence electrons. The van der Waals surface area contributed by atoms with Crippen molar-refractivity contribution in [3.63, 3.8) is 0 Å². The van der Waals surface area contributed by atoms with Crippen molar-refractivity contribution in [1.82, 2.24) is 10.6 Å². The number of rotatable bonds is 7. The zero-order chi connectivity index (χ0) is 17.5. The van der Waals surface area contributed by atoms with Crippen LogP contribution in [-0.2, 0) is 6.54 Å². The molecule has 0 unspecified atom stereocenters. The normalized spacial score (nSPS) is 11.9. The average molecular weight is 473 g/mol. The molecule has 0 amide bonds. The van der Waals surface area contributed by atoms with Gasteiger partial charge in [-0.3, -0.25) is 4.99 Å². The maximum absolute atomic E-state index is 12.5. The van der Waals surface area contributed by atoms with E-state index in [2.05, 4.69) is 40.5 Å². The average Bonchev–Trinajstić information content (AvgIpc) is 2.49. The second kappa shape index (κ2) is 11.0. The Bertz CT molecular complexity index is 542. The molecule has 0 bridgehead atoms. The minimum absolute atomic E-state index is 0. The Labute approximate surface area is 164 Å². The smallest absolute Gasteiger partial charge is 0.387 e. The van der Waals surface area contributed by atoms with E-state index in [0.717, 1.165) is 12.1 Å². The van der Waals surface area contributed by atoms with Gasteiger partial charge in [-0.15, -0.1) is 24.0 Å². The Morgan fingerprint density at radius 1 is 1.33 bits per heavy atom. The first kappa shape index (κ1) is 23.2. The van der Waals surface area contributed by atoms with Gasteiger partial charge in [0, 0.05) is 30.4 Å². The van der Waals surface area contributed by atoms with Crippen LogP contribution >= 0.6 is 35.7 Å². The molecule has 1 aromatic rings. The Balaban J connectivity index is 0.00000529. The van der Waals surface area contributed by atoms with Crippen molar-refractivity contribution in [2.75, 3.05) is 19.8 Å². The van der Waals surface area contributed by atoms with Crippen LogP contribution in [0.25, 0.3) is 0 Å². The number of nitrogens with zero attached hydrogens (tertiary/aromatic N) is 1. The lowest BCUT2D eigenvalue weighted by Gasteiger charge is -2.24. The van der Waals surface area contributed by atoms with Crippen LogP contribution in [0.1, 0.15) is 25.0 Å². The van der Waals surface area contributed by atoms with Gasteiger partial charge in [0.2, 0.25) is 0 Å². The standard InChI is InChI=1S/C16H25F2N3OS.HI/c1-11-6-7-13(22-14(17)18)12(8-11)9-20-15(19-4)21-10-16(2,3)23-5;/h6-8,14H,9-10H2,1-5H3,(H2,19,20,21);1H. The number of ether oxygens (including phenoxy) is 1. The lowest BCUT2D eigenvalue weighted by molar-refractivity contribution is -0.0504. The van der Waals surface area contributed by atoms with Gasteiger partial charge < -0.3 is 15.4 Å². The van der Waals surface area contributed by atoms with E-state index in [1.807, 2.05) is 13.0 Å². The van der Waals surface area contributed by atoms with E-state index < -0.39 is 6.61 Å². The van der Waals surface area contributed by atoms with Gasteiger partial charge in [-0.1, -0.05) is 17.7 Å². The quantitative estimate of drug-likeness (QED) is 0.357. The lowest BCUT2D eigenvalue weighted by Crippen LogP contribution is -2.43. The van der Waals surface area contributed by atoms with E-state index in [1.54, 1.807) is 30.9 Å². The monoisotopic (exact) mass is 473 g/mol. The van der Waals surface area contributed by atoms with Crippen LogP contribution in [-0.4, -0.2) is 37.2 Å². The van der Waals surface area contributed by atoms with Crippen LogP contribution in [0.2, 0.25) is 0 Å². The summed E-state index contributed by atoms with van der Waals surface area (Å²) in [4.78, 5) is 4.15. The van der Waals surface area contributed by atoms with Crippen LogP contribution in [0.5, 0.6) is 5.75 Å². The summed E-state index contributed by atoms with van der Waals surface area (Å²) in [5.74, 6) is 0.801. The summed E-state index contributed by atoms with van der Waals surface area (Å²) in [6, 6.07) is 5.13. The Hall–Kier alpha value is -0.770. The predicted molar refractivity (Wildman–Crippen MR) is 109 cm³/mol. The van der Waals surface area contributed by atoms with E-state index in [1.165, 1.54) is 0 Å². The molecule has 0 radical (unpaired) electrons. The summed E-state index contributed by atoms with van der Waals surface area (Å²) in [5, 5.41) is 6.36. The number of alkyl halides is 2. The van der Waals surface area contributed by atoms with Crippen molar-refractivity contribution in [2.24, 2.45) is 4.99 Å². The maximum atomic E-state index is 12.5. The first-order valence-corrected chi connectivity index (χ1v) is 8.54. The van der Waals surface area contributed by atoms with Crippen LogP contribution in [0.15, 0.2) is 23.2 Å². The summed E-state index contributed by atoms with van der Waals surface area (Å²) in [6.07, 6.45) is 2.05. The number of halogens is 3. The number of hydrogen-bond donors (Lipinski definition) is 2. The first-order chi connectivity index (χ1) is 10.8. The van der Waals surface area contributed by atoms with Crippen molar-refractivity contribution < 1.29 is 13.5 Å². The molecule has 0 heterocycles. The van der Waals surface area contributed by atoms with Crippen LogP contribution < -0.4 is 15.4 Å². The molecule has 8 heteroatoms. The van der Waals surface area contributed by atoms with Gasteiger partial charge in [0.25, 0.3) is 0 Å². The minimum Gasteiger partial charge on any atom is -0.434 e. The van der Waals surface area contributed by atoms with Crippen molar-refractivity contribution in [1.29, 1.82) is 0 Å². The second-order valence-corrected chi connectivity index (χ2v) is 7.25. The van der Waals surface area contributed by atoms with Gasteiger partial charge in [-0.05, 0) is 33.1 Å². The summed E-state index contributed by atoms with van der Waals surface area (Å²) < 4.78 is 29.6. The van der Waals surface area contributed by atoms with Gasteiger partial charge in [0.15, 0.2) is 5.96 Å². The van der Waals surface area contributed by atoms with Crippen molar-refractivity contribution >= 4 is 41.7 Å². The molecule has 0 atom stereocenters. The number of guanidine groups is 1. The third-order valence-corrected chi connectivity index (χ3v) is 4.59. The van der Waals surface area contributed by atoms with E-state index in [-0.39, 0.29) is 34.5 Å². The second-order valence-electron chi connectivity index (χ2n) is 5.73. The van der Waals surface area contributed by atoms with E-state index in [9.17, 15) is 8.78 Å². The van der Waals surface area contributed by atoms with E-state index >= 15 is 0 Å². The van der Waals surface area contributed by atoms with Gasteiger partial charge in [-0.25, -0.2) is 0 Å². The SMILES string of the molecule is CN=C(NCc1cc(C)ccc1OC(F)F)NCC(C)(C)SC.I. The van der Waals surface area contributed by atoms with Gasteiger partial charge in [0.1, 0.15) is 5.75 Å². The van der Waals surface area contributed by atoms with Crippen molar-refractivity contribution in [2.45, 2.75) is 38.7 Å². The molecule has 0 spiro atoms. The summed E-state index contributed by atoms with van der Waals surface area (Å²) in [6.45, 7) is 4.42. The van der Waals surface area contributed by atoms with Crippen molar-refractivity contribution in [3.8, 4) is 5.75 Å². The van der Waals surface area contributed by atoms with Crippen molar-refractivity contribution in [3.05, 3.63) is 29.3 Å². The molecule has 0 saturated heterocycles. The summed E-state index contributed by atoms with van der Waals surface area (Å²) in [7, 11) is 1.67. The molecule has 0 aliphatic rings. The molecular formula is C16H26F2IN3OS. The number of thioether (sulfide) groups is 1. The largest absolute Gasteiger partial charge is 0.434 e. The van der Waals surface area contributed by atoms with Gasteiger partial charge in [-0.2, -0.15) is 20.5 Å². The number of nitrogens with one attached hydrogen (secondary N) is 2. The minimum atomic E-state index is -2.84. The number of hydrogen-bond acceptors (Lipinski definition) is 3. The molecule has 1 rings (SSSR count). The first-order valence-electron chi connectivity index (χ1n) is 7.31. The van der Waals surface area contributed by atoms with Gasteiger partial charge in [0.05, 0.1) is 0 Å². The van der Waals surface area contributed by atoms with Crippen LogP contribution in [0.4, 0.5) is 8.78 Å². The fourth-order valence-corrected chi connectivity index (χ4v) is 2.04. The summed E-state index contributed by atoms with van der Waals surface area (Å²) in [5.41, 5.74) is 1.65. The van der Waals surface area contributed by atoms with Crippen LogP contribution in [0.3, 0.4) is 0 Å². The highest BCUT2D eigenvalue weighted by atomic mass is 127. The van der Waals surface area contributed by atoms with Crippen LogP contribution in [0, 0.1) is 6.92 Å². The fourth-order valence-electron chi connectivity index (χ4n) is 1.83. The Kier molecular flexibility index (Phi) is 10.6. The highest BCUT2D eigenvalue weighted by molar-refractivity contribution is 14.0. The molecule has 0 fully saturated rings. The maximum Gasteiger partial charge on any atom is 0.387 e. The lowest BCUT2D eigenvalue weighted by atomic mass is 10.1. The fraction of sp³-hybridized carbons (Fsp3) is 0.562. The predicted octanol–water partition coefficient (Wildman–Crippen LogP) is 4.02. The molecule has 0 aliphatic heterocycles. The molecule has 24 heavy (non-hydrogen) atoms. The molecule has 0 aliphatic carbocycles. The Morgan fingerprint density at radius 3 is 2.54 bits per heavy atom. The topological polar surface area (TPSA) is 45.7 Å². The van der Waals surface area contributed by atoms with E-state index in [4.69, 9.17) is 0 Å². The Morgan fingerprint density at radius 2 is 2.00 bits per heavy atom. The molecule has 0 saturated carbocycles. The van der Waals surface area contributed by atoms with E-state index in [0.29, 0.717) is 18.1 Å².